The number of rotatable bonds is 4. The smallest absolute Gasteiger partial charge is 0.170 e. The van der Waals surface area contributed by atoms with Gasteiger partial charge >= 0.3 is 0 Å². The molecule has 3 nitrogen and oxygen atoms in total. The number of benzene rings is 2. The van der Waals surface area contributed by atoms with Crippen molar-refractivity contribution >= 4 is 27.3 Å². The fraction of sp³-hybridized carbons (Fsp3) is 0.118. The van der Waals surface area contributed by atoms with Gasteiger partial charge in [-0.3, -0.25) is 0 Å². The number of hydrogen-bond donors (Lipinski definition) is 0. The van der Waals surface area contributed by atoms with Crippen LogP contribution in [0, 0.1) is 0 Å². The number of para-hydroxylation sites is 1. The molecule has 3 aromatic rings. The lowest BCUT2D eigenvalue weighted by Gasteiger charge is -2.10. The van der Waals surface area contributed by atoms with E-state index in [-0.39, 0.29) is 0 Å². The molecule has 3 rings (SSSR count). The van der Waals surface area contributed by atoms with E-state index < -0.39 is 0 Å². The molecule has 0 N–H and O–H groups in total. The van der Waals surface area contributed by atoms with Crippen LogP contribution in [0.3, 0.4) is 0 Å². The van der Waals surface area contributed by atoms with Gasteiger partial charge in [0.05, 0.1) is 25.5 Å². The maximum Gasteiger partial charge on any atom is 0.170 e. The van der Waals surface area contributed by atoms with E-state index in [1.54, 1.807) is 25.6 Å². The topological polar surface area (TPSA) is 31.4 Å². The minimum Gasteiger partial charge on any atom is -0.493 e. The standard InChI is InChI=1S/C17H14BrNO2S/c1-20-15-9-5-7-12(16(15)21-2)17-19-14(10-22-17)11-6-3-4-8-13(11)18/h3-10H,1-2H3. The monoisotopic (exact) mass is 375 g/mol. The Kier molecular flexibility index (Phi) is 4.45. The molecule has 1 aromatic heterocycles. The first kappa shape index (κ1) is 15.1. The Labute approximate surface area is 141 Å². The van der Waals surface area contributed by atoms with Crippen LogP contribution in [0.1, 0.15) is 0 Å². The fourth-order valence-corrected chi connectivity index (χ4v) is 3.58. The molecule has 0 aliphatic rings. The van der Waals surface area contributed by atoms with Gasteiger partial charge < -0.3 is 9.47 Å². The van der Waals surface area contributed by atoms with Gasteiger partial charge in [-0.05, 0) is 18.2 Å². The van der Waals surface area contributed by atoms with Crippen molar-refractivity contribution in [3.05, 3.63) is 52.3 Å². The van der Waals surface area contributed by atoms with Crippen molar-refractivity contribution in [2.24, 2.45) is 0 Å². The predicted molar refractivity (Wildman–Crippen MR) is 93.8 cm³/mol. The van der Waals surface area contributed by atoms with E-state index in [9.17, 15) is 0 Å². The highest BCUT2D eigenvalue weighted by Crippen LogP contribution is 2.40. The second-order valence-electron chi connectivity index (χ2n) is 4.56. The maximum absolute atomic E-state index is 5.49. The highest BCUT2D eigenvalue weighted by Gasteiger charge is 2.15. The highest BCUT2D eigenvalue weighted by molar-refractivity contribution is 9.10. The van der Waals surface area contributed by atoms with E-state index in [0.29, 0.717) is 11.5 Å². The minimum atomic E-state index is 0.706. The van der Waals surface area contributed by atoms with Crippen LogP contribution in [0.4, 0.5) is 0 Å². The number of aromatic nitrogens is 1. The zero-order valence-corrected chi connectivity index (χ0v) is 14.6. The van der Waals surface area contributed by atoms with E-state index in [1.165, 1.54) is 0 Å². The van der Waals surface area contributed by atoms with Gasteiger partial charge in [-0.25, -0.2) is 4.98 Å². The van der Waals surface area contributed by atoms with Gasteiger partial charge in [0.2, 0.25) is 0 Å². The molecule has 0 unspecified atom stereocenters. The van der Waals surface area contributed by atoms with Gasteiger partial charge in [0.1, 0.15) is 5.01 Å². The van der Waals surface area contributed by atoms with Crippen molar-refractivity contribution in [2.45, 2.75) is 0 Å². The molecule has 0 saturated carbocycles. The SMILES string of the molecule is COc1cccc(-c2nc(-c3ccccc3Br)cs2)c1OC. The molecule has 0 spiro atoms. The van der Waals surface area contributed by atoms with E-state index in [1.807, 2.05) is 47.8 Å². The molecule has 0 amide bonds. The summed E-state index contributed by atoms with van der Waals surface area (Å²) in [4.78, 5) is 4.75. The van der Waals surface area contributed by atoms with Gasteiger partial charge in [0.15, 0.2) is 11.5 Å². The van der Waals surface area contributed by atoms with Crippen LogP contribution >= 0.6 is 27.3 Å². The van der Waals surface area contributed by atoms with Crippen LogP contribution in [-0.2, 0) is 0 Å². The minimum absolute atomic E-state index is 0.706. The second-order valence-corrected chi connectivity index (χ2v) is 6.27. The normalized spacial score (nSPS) is 10.5. The summed E-state index contributed by atoms with van der Waals surface area (Å²) in [7, 11) is 3.28. The summed E-state index contributed by atoms with van der Waals surface area (Å²) in [6.45, 7) is 0. The van der Waals surface area contributed by atoms with Crippen LogP contribution in [0.25, 0.3) is 21.8 Å². The summed E-state index contributed by atoms with van der Waals surface area (Å²) >= 11 is 5.16. The van der Waals surface area contributed by atoms with Crippen LogP contribution in [0.5, 0.6) is 11.5 Å². The molecule has 0 saturated heterocycles. The Morgan fingerprint density at radius 3 is 2.45 bits per heavy atom. The van der Waals surface area contributed by atoms with E-state index >= 15 is 0 Å². The second kappa shape index (κ2) is 6.50. The molecule has 0 aliphatic heterocycles. The molecule has 0 bridgehead atoms. The van der Waals surface area contributed by atoms with E-state index in [4.69, 9.17) is 14.5 Å². The van der Waals surface area contributed by atoms with E-state index in [2.05, 4.69) is 15.9 Å². The van der Waals surface area contributed by atoms with Gasteiger partial charge in [-0.15, -0.1) is 11.3 Å². The van der Waals surface area contributed by atoms with Crippen LogP contribution in [-0.4, -0.2) is 19.2 Å². The lowest BCUT2D eigenvalue weighted by Crippen LogP contribution is -1.93. The fourth-order valence-electron chi connectivity index (χ4n) is 2.25. The predicted octanol–water partition coefficient (Wildman–Crippen LogP) is 5.26. The summed E-state index contributed by atoms with van der Waals surface area (Å²) in [5.74, 6) is 1.41. The zero-order valence-electron chi connectivity index (χ0n) is 12.2. The quantitative estimate of drug-likeness (QED) is 0.623. The van der Waals surface area contributed by atoms with Gasteiger partial charge in [0, 0.05) is 15.4 Å². The van der Waals surface area contributed by atoms with Crippen molar-refractivity contribution < 1.29 is 9.47 Å². The largest absolute Gasteiger partial charge is 0.493 e. The number of methoxy groups -OCH3 is 2. The third-order valence-electron chi connectivity index (χ3n) is 3.29. The first-order chi connectivity index (χ1) is 10.7. The number of ether oxygens (including phenoxy) is 2. The summed E-state index contributed by atoms with van der Waals surface area (Å²) in [5, 5.41) is 2.95. The lowest BCUT2D eigenvalue weighted by atomic mass is 10.1. The molecular formula is C17H14BrNO2S. The highest BCUT2D eigenvalue weighted by atomic mass is 79.9. The Morgan fingerprint density at radius 1 is 0.955 bits per heavy atom. The lowest BCUT2D eigenvalue weighted by molar-refractivity contribution is 0.356. The summed E-state index contributed by atoms with van der Waals surface area (Å²) < 4.78 is 11.9. The van der Waals surface area contributed by atoms with Crippen LogP contribution in [0.2, 0.25) is 0 Å². The third-order valence-corrected chi connectivity index (χ3v) is 4.85. The summed E-state index contributed by atoms with van der Waals surface area (Å²) in [6, 6.07) is 13.9. The van der Waals surface area contributed by atoms with Gasteiger partial charge in [-0.2, -0.15) is 0 Å². The molecule has 22 heavy (non-hydrogen) atoms. The Hall–Kier alpha value is -1.85. The number of hydrogen-bond acceptors (Lipinski definition) is 4. The Morgan fingerprint density at radius 2 is 1.73 bits per heavy atom. The van der Waals surface area contributed by atoms with E-state index in [0.717, 1.165) is 26.3 Å². The third kappa shape index (κ3) is 2.74. The van der Waals surface area contributed by atoms with Crippen molar-refractivity contribution in [3.63, 3.8) is 0 Å². The molecule has 0 radical (unpaired) electrons. The average molecular weight is 376 g/mol. The van der Waals surface area contributed by atoms with Crippen molar-refractivity contribution in [1.29, 1.82) is 0 Å². The maximum atomic E-state index is 5.49. The molecule has 0 fully saturated rings. The first-order valence-electron chi connectivity index (χ1n) is 6.66. The van der Waals surface area contributed by atoms with Gasteiger partial charge in [-0.1, -0.05) is 40.2 Å². The van der Waals surface area contributed by atoms with Crippen LogP contribution < -0.4 is 9.47 Å². The molecule has 2 aromatic carbocycles. The molecule has 1 heterocycles. The Balaban J connectivity index is 2.07. The zero-order chi connectivity index (χ0) is 15.5. The number of halogens is 1. The average Bonchev–Trinajstić information content (AvgIpc) is 3.04. The van der Waals surface area contributed by atoms with Crippen molar-refractivity contribution in [2.75, 3.05) is 14.2 Å². The number of thiazole rings is 1. The molecule has 112 valence electrons. The number of nitrogens with zero attached hydrogens (tertiary/aromatic N) is 1. The van der Waals surface area contributed by atoms with Crippen LogP contribution in [0.15, 0.2) is 52.3 Å². The van der Waals surface area contributed by atoms with Crippen molar-refractivity contribution in [3.8, 4) is 33.3 Å². The summed E-state index contributed by atoms with van der Waals surface area (Å²) in [5.41, 5.74) is 2.95. The molecule has 0 aliphatic carbocycles. The van der Waals surface area contributed by atoms with Crippen molar-refractivity contribution in [1.82, 2.24) is 4.98 Å². The molecule has 5 heteroatoms. The Bertz CT molecular complexity index is 801. The molecule has 0 atom stereocenters. The molecular weight excluding hydrogens is 362 g/mol. The summed E-state index contributed by atoms with van der Waals surface area (Å²) in [6.07, 6.45) is 0. The van der Waals surface area contributed by atoms with Gasteiger partial charge in [0.25, 0.3) is 0 Å². The first-order valence-corrected chi connectivity index (χ1v) is 8.33.